The van der Waals surface area contributed by atoms with Crippen LogP contribution >= 0.6 is 0 Å². The first-order valence-electron chi connectivity index (χ1n) is 6.23. The zero-order chi connectivity index (χ0) is 14.1. The van der Waals surface area contributed by atoms with Crippen molar-refractivity contribution in [2.24, 2.45) is 0 Å². The van der Waals surface area contributed by atoms with Crippen LogP contribution in [0.3, 0.4) is 0 Å². The molecule has 0 fully saturated rings. The van der Waals surface area contributed by atoms with Crippen molar-refractivity contribution in [3.05, 3.63) is 12.1 Å². The molecule has 0 amide bonds. The number of hydrogen-bond donors (Lipinski definition) is 1. The molecule has 19 heavy (non-hydrogen) atoms. The van der Waals surface area contributed by atoms with Gasteiger partial charge in [0.25, 0.3) is 0 Å². The Balaban J connectivity index is 2.87. The summed E-state index contributed by atoms with van der Waals surface area (Å²) in [6.45, 7) is 4.23. The van der Waals surface area contributed by atoms with E-state index in [4.69, 9.17) is 20.5 Å². The van der Waals surface area contributed by atoms with Gasteiger partial charge in [0.15, 0.2) is 0 Å². The summed E-state index contributed by atoms with van der Waals surface area (Å²) in [6, 6.07) is 5.72. The number of rotatable bonds is 8. The van der Waals surface area contributed by atoms with Crippen molar-refractivity contribution in [2.75, 3.05) is 44.0 Å². The minimum absolute atomic E-state index is 0.430. The van der Waals surface area contributed by atoms with Gasteiger partial charge in [-0.2, -0.15) is 10.2 Å². The molecule has 0 saturated heterocycles. The maximum Gasteiger partial charge on any atom is 0.239 e. The molecule has 0 unspecified atom stereocenters. The van der Waals surface area contributed by atoms with Gasteiger partial charge in [-0.25, -0.2) is 0 Å². The number of nitrogens with zero attached hydrogens (tertiary/aromatic N) is 3. The lowest BCUT2D eigenvalue weighted by Crippen LogP contribution is -2.29. The van der Waals surface area contributed by atoms with E-state index in [1.54, 1.807) is 13.2 Å². The third kappa shape index (κ3) is 4.64. The number of nitrogen functional groups attached to an aromatic ring is 1. The molecule has 0 aromatic carbocycles. The molecule has 1 aromatic heterocycles. The normalized spacial score (nSPS) is 9.95. The maximum absolute atomic E-state index is 8.70. The number of aromatic nitrogens is 1. The van der Waals surface area contributed by atoms with Gasteiger partial charge in [0.1, 0.15) is 5.82 Å². The molecule has 1 rings (SSSR count). The topological polar surface area (TPSA) is 84.4 Å². The number of anilines is 2. The number of nitrogens with two attached hydrogens (primary N) is 1. The predicted molar refractivity (Wildman–Crippen MR) is 74.1 cm³/mol. The smallest absolute Gasteiger partial charge is 0.239 e. The predicted octanol–water partition coefficient (Wildman–Crippen LogP) is 1.43. The Morgan fingerprint density at radius 3 is 2.84 bits per heavy atom. The van der Waals surface area contributed by atoms with E-state index < -0.39 is 0 Å². The molecule has 104 valence electrons. The summed E-state index contributed by atoms with van der Waals surface area (Å²) in [5, 5.41) is 8.70. The van der Waals surface area contributed by atoms with Crippen LogP contribution < -0.4 is 15.4 Å². The SMILES string of the molecule is CCOc1nc(N(CCC#N)CCOC)ccc1N. The first-order chi connectivity index (χ1) is 9.22. The fourth-order valence-electron chi connectivity index (χ4n) is 1.60. The molecule has 0 spiro atoms. The highest BCUT2D eigenvalue weighted by atomic mass is 16.5. The van der Waals surface area contributed by atoms with Gasteiger partial charge in [-0.05, 0) is 19.1 Å². The van der Waals surface area contributed by atoms with Gasteiger partial charge in [-0.15, -0.1) is 0 Å². The second-order valence-electron chi connectivity index (χ2n) is 3.88. The van der Waals surface area contributed by atoms with Crippen molar-refractivity contribution in [1.82, 2.24) is 4.98 Å². The highest BCUT2D eigenvalue weighted by Gasteiger charge is 2.10. The van der Waals surface area contributed by atoms with E-state index >= 15 is 0 Å². The van der Waals surface area contributed by atoms with Crippen LogP contribution in [-0.4, -0.2) is 38.4 Å². The van der Waals surface area contributed by atoms with Gasteiger partial charge in [-0.1, -0.05) is 0 Å². The summed E-state index contributed by atoms with van der Waals surface area (Å²) >= 11 is 0. The van der Waals surface area contributed by atoms with Crippen LogP contribution in [0.4, 0.5) is 11.5 Å². The van der Waals surface area contributed by atoms with Crippen LogP contribution in [0.15, 0.2) is 12.1 Å². The molecule has 0 saturated carbocycles. The van der Waals surface area contributed by atoms with Gasteiger partial charge in [-0.3, -0.25) is 0 Å². The van der Waals surface area contributed by atoms with E-state index in [9.17, 15) is 0 Å². The highest BCUT2D eigenvalue weighted by Crippen LogP contribution is 2.23. The summed E-state index contributed by atoms with van der Waals surface area (Å²) in [5.74, 6) is 1.17. The summed E-state index contributed by atoms with van der Waals surface area (Å²) in [7, 11) is 1.64. The van der Waals surface area contributed by atoms with Crippen molar-refractivity contribution >= 4 is 11.5 Å². The summed E-state index contributed by atoms with van der Waals surface area (Å²) in [6.07, 6.45) is 0.430. The number of nitriles is 1. The first kappa shape index (κ1) is 15.1. The van der Waals surface area contributed by atoms with Gasteiger partial charge < -0.3 is 20.1 Å². The van der Waals surface area contributed by atoms with Gasteiger partial charge in [0.2, 0.25) is 5.88 Å². The minimum atomic E-state index is 0.430. The van der Waals surface area contributed by atoms with Crippen molar-refractivity contribution < 1.29 is 9.47 Å². The molecule has 0 bridgehead atoms. The monoisotopic (exact) mass is 264 g/mol. The zero-order valence-electron chi connectivity index (χ0n) is 11.4. The quantitative estimate of drug-likeness (QED) is 0.764. The van der Waals surface area contributed by atoms with Gasteiger partial charge >= 0.3 is 0 Å². The summed E-state index contributed by atoms with van der Waals surface area (Å²) in [4.78, 5) is 6.36. The summed E-state index contributed by atoms with van der Waals surface area (Å²) in [5.41, 5.74) is 6.30. The number of hydrogen-bond acceptors (Lipinski definition) is 6. The molecule has 2 N–H and O–H groups in total. The third-order valence-electron chi connectivity index (χ3n) is 2.54. The molecule has 0 radical (unpaired) electrons. The van der Waals surface area contributed by atoms with Crippen LogP contribution in [0, 0.1) is 11.3 Å². The van der Waals surface area contributed by atoms with Crippen LogP contribution in [0.5, 0.6) is 5.88 Å². The minimum Gasteiger partial charge on any atom is -0.476 e. The lowest BCUT2D eigenvalue weighted by molar-refractivity contribution is 0.205. The lowest BCUT2D eigenvalue weighted by atomic mass is 10.3. The first-order valence-corrected chi connectivity index (χ1v) is 6.23. The highest BCUT2D eigenvalue weighted by molar-refractivity contribution is 5.54. The maximum atomic E-state index is 8.70. The Morgan fingerprint density at radius 2 is 2.21 bits per heavy atom. The molecule has 6 heteroatoms. The third-order valence-corrected chi connectivity index (χ3v) is 2.54. The average molecular weight is 264 g/mol. The molecular formula is C13H20N4O2. The van der Waals surface area contributed by atoms with E-state index in [2.05, 4.69) is 11.1 Å². The van der Waals surface area contributed by atoms with E-state index in [-0.39, 0.29) is 0 Å². The van der Waals surface area contributed by atoms with E-state index in [0.717, 1.165) is 5.82 Å². The molecule has 6 nitrogen and oxygen atoms in total. The standard InChI is InChI=1S/C13H20N4O2/c1-3-19-13-11(15)5-6-12(16-13)17(8-4-7-14)9-10-18-2/h5-6H,3-4,8-10,15H2,1-2H3. The molecule has 1 heterocycles. The number of ether oxygens (including phenoxy) is 2. The van der Waals surface area contributed by atoms with E-state index in [1.807, 2.05) is 17.9 Å². The van der Waals surface area contributed by atoms with E-state index in [1.165, 1.54) is 0 Å². The second-order valence-corrected chi connectivity index (χ2v) is 3.88. The Bertz CT molecular complexity index is 431. The Labute approximate surface area is 113 Å². The van der Waals surface area contributed by atoms with Crippen molar-refractivity contribution in [3.63, 3.8) is 0 Å². The molecule has 0 atom stereocenters. The van der Waals surface area contributed by atoms with Crippen LogP contribution in [0.25, 0.3) is 0 Å². The number of methoxy groups -OCH3 is 1. The summed E-state index contributed by atoms with van der Waals surface area (Å²) < 4.78 is 10.4. The zero-order valence-corrected chi connectivity index (χ0v) is 11.4. The average Bonchev–Trinajstić information content (AvgIpc) is 2.42. The molecule has 0 aliphatic rings. The van der Waals surface area contributed by atoms with Crippen LogP contribution in [0.1, 0.15) is 13.3 Å². The van der Waals surface area contributed by atoms with E-state index in [0.29, 0.717) is 44.3 Å². The largest absolute Gasteiger partial charge is 0.476 e. The van der Waals surface area contributed by atoms with Gasteiger partial charge in [0, 0.05) is 20.2 Å². The second kappa shape index (κ2) is 8.16. The van der Waals surface area contributed by atoms with Crippen LogP contribution in [-0.2, 0) is 4.74 Å². The Hall–Kier alpha value is -2.00. The molecule has 1 aromatic rings. The van der Waals surface area contributed by atoms with Gasteiger partial charge in [0.05, 0.1) is 31.4 Å². The Kier molecular flexibility index (Phi) is 6.47. The molecular weight excluding hydrogens is 244 g/mol. The fourth-order valence-corrected chi connectivity index (χ4v) is 1.60. The van der Waals surface area contributed by atoms with Crippen molar-refractivity contribution in [3.8, 4) is 11.9 Å². The lowest BCUT2D eigenvalue weighted by Gasteiger charge is -2.23. The van der Waals surface area contributed by atoms with Crippen molar-refractivity contribution in [2.45, 2.75) is 13.3 Å². The van der Waals surface area contributed by atoms with Crippen LogP contribution in [0.2, 0.25) is 0 Å². The fraction of sp³-hybridized carbons (Fsp3) is 0.538. The van der Waals surface area contributed by atoms with Crippen molar-refractivity contribution in [1.29, 1.82) is 5.26 Å². The number of pyridine rings is 1. The molecule has 0 aliphatic heterocycles. The Morgan fingerprint density at radius 1 is 1.42 bits per heavy atom. The molecule has 0 aliphatic carbocycles.